The molecule has 1 aromatic carbocycles. The summed E-state index contributed by atoms with van der Waals surface area (Å²) in [4.78, 5) is 0. The monoisotopic (exact) mass is 289 g/mol. The fourth-order valence-electron chi connectivity index (χ4n) is 1.35. The SMILES string of the molecule is CC(O)(CO)CNCC(O)COc1ccc(Cl)cc1. The number of halogens is 1. The van der Waals surface area contributed by atoms with Crippen molar-refractivity contribution in [3.05, 3.63) is 29.3 Å². The third-order valence-electron chi connectivity index (χ3n) is 2.48. The van der Waals surface area contributed by atoms with Crippen molar-refractivity contribution in [2.45, 2.75) is 18.6 Å². The standard InChI is InChI=1S/C13H20ClNO4/c1-13(18,9-16)8-15-6-11(17)7-19-12-4-2-10(14)3-5-12/h2-5,11,15-18H,6-9H2,1H3. The van der Waals surface area contributed by atoms with Crippen LogP contribution in [0.3, 0.4) is 0 Å². The van der Waals surface area contributed by atoms with Gasteiger partial charge in [-0.05, 0) is 31.2 Å². The molecule has 0 aliphatic heterocycles. The summed E-state index contributed by atoms with van der Waals surface area (Å²) in [5, 5.41) is 31.5. The number of aliphatic hydroxyl groups excluding tert-OH is 2. The molecule has 0 amide bonds. The van der Waals surface area contributed by atoms with Gasteiger partial charge in [0.15, 0.2) is 0 Å². The van der Waals surface area contributed by atoms with Crippen molar-refractivity contribution in [3.8, 4) is 5.75 Å². The van der Waals surface area contributed by atoms with Gasteiger partial charge in [-0.25, -0.2) is 0 Å². The Morgan fingerprint density at radius 1 is 1.37 bits per heavy atom. The van der Waals surface area contributed by atoms with Gasteiger partial charge in [0.2, 0.25) is 0 Å². The molecule has 0 fully saturated rings. The van der Waals surface area contributed by atoms with E-state index in [2.05, 4.69) is 5.32 Å². The Bertz CT molecular complexity index is 369. The van der Waals surface area contributed by atoms with Gasteiger partial charge >= 0.3 is 0 Å². The van der Waals surface area contributed by atoms with E-state index < -0.39 is 11.7 Å². The van der Waals surface area contributed by atoms with E-state index in [1.54, 1.807) is 24.3 Å². The van der Waals surface area contributed by atoms with E-state index in [9.17, 15) is 10.2 Å². The molecule has 0 saturated heterocycles. The van der Waals surface area contributed by atoms with Gasteiger partial charge in [0.05, 0.1) is 12.2 Å². The summed E-state index contributed by atoms with van der Waals surface area (Å²) in [6.45, 7) is 1.77. The minimum atomic E-state index is -1.18. The molecule has 1 aromatic rings. The van der Waals surface area contributed by atoms with Crippen molar-refractivity contribution in [1.82, 2.24) is 5.32 Å². The van der Waals surface area contributed by atoms with Crippen molar-refractivity contribution in [3.63, 3.8) is 0 Å². The normalized spacial score (nSPS) is 15.8. The second kappa shape index (κ2) is 7.67. The summed E-state index contributed by atoms with van der Waals surface area (Å²) < 4.78 is 5.37. The average Bonchev–Trinajstić information content (AvgIpc) is 2.38. The molecule has 4 N–H and O–H groups in total. The van der Waals surface area contributed by atoms with Crippen LogP contribution >= 0.6 is 11.6 Å². The molecule has 0 saturated carbocycles. The minimum absolute atomic E-state index is 0.135. The zero-order valence-electron chi connectivity index (χ0n) is 10.8. The third-order valence-corrected chi connectivity index (χ3v) is 2.73. The van der Waals surface area contributed by atoms with Gasteiger partial charge in [-0.15, -0.1) is 0 Å². The maximum Gasteiger partial charge on any atom is 0.119 e. The first kappa shape index (κ1) is 16.2. The largest absolute Gasteiger partial charge is 0.491 e. The van der Waals surface area contributed by atoms with Crippen molar-refractivity contribution < 1.29 is 20.1 Å². The molecule has 0 aliphatic carbocycles. The van der Waals surface area contributed by atoms with Crippen molar-refractivity contribution in [1.29, 1.82) is 0 Å². The number of rotatable bonds is 8. The molecule has 0 aromatic heterocycles. The van der Waals surface area contributed by atoms with Gasteiger partial charge < -0.3 is 25.4 Å². The number of ether oxygens (including phenoxy) is 1. The molecule has 5 nitrogen and oxygen atoms in total. The Labute approximate surface area is 117 Å². The lowest BCUT2D eigenvalue weighted by Gasteiger charge is -2.21. The Morgan fingerprint density at radius 3 is 2.58 bits per heavy atom. The first-order chi connectivity index (χ1) is 8.93. The minimum Gasteiger partial charge on any atom is -0.491 e. The summed E-state index contributed by atoms with van der Waals surface area (Å²) in [6, 6.07) is 6.86. The molecule has 0 aliphatic rings. The summed E-state index contributed by atoms with van der Waals surface area (Å²) in [5.41, 5.74) is -1.18. The quantitative estimate of drug-likeness (QED) is 0.557. The van der Waals surface area contributed by atoms with Crippen molar-refractivity contribution >= 4 is 11.6 Å². The Kier molecular flexibility index (Phi) is 6.54. The molecule has 2 atom stereocenters. The molecule has 1 rings (SSSR count). The van der Waals surface area contributed by atoms with E-state index in [1.807, 2.05) is 0 Å². The van der Waals surface area contributed by atoms with Crippen LogP contribution in [0.2, 0.25) is 5.02 Å². The third kappa shape index (κ3) is 6.75. The highest BCUT2D eigenvalue weighted by Gasteiger charge is 2.18. The summed E-state index contributed by atoms with van der Waals surface area (Å²) >= 11 is 5.74. The highest BCUT2D eigenvalue weighted by atomic mass is 35.5. The Morgan fingerprint density at radius 2 is 2.00 bits per heavy atom. The number of benzene rings is 1. The van der Waals surface area contributed by atoms with Crippen LogP contribution in [0.25, 0.3) is 0 Å². The Balaban J connectivity index is 2.21. The first-order valence-corrected chi connectivity index (χ1v) is 6.41. The molecule has 0 radical (unpaired) electrons. The molecule has 0 bridgehead atoms. The van der Waals surface area contributed by atoms with Crippen LogP contribution in [0, 0.1) is 0 Å². The van der Waals surface area contributed by atoms with Gasteiger partial charge in [-0.2, -0.15) is 0 Å². The van der Waals surface area contributed by atoms with Crippen LogP contribution in [0.15, 0.2) is 24.3 Å². The maximum absolute atomic E-state index is 9.68. The van der Waals surface area contributed by atoms with Crippen molar-refractivity contribution in [2.24, 2.45) is 0 Å². The van der Waals surface area contributed by atoms with E-state index in [0.717, 1.165) is 0 Å². The molecule has 108 valence electrons. The molecular formula is C13H20ClNO4. The number of aliphatic hydroxyl groups is 3. The van der Waals surface area contributed by atoms with Crippen LogP contribution < -0.4 is 10.1 Å². The lowest BCUT2D eigenvalue weighted by Crippen LogP contribution is -2.44. The molecule has 2 unspecified atom stereocenters. The van der Waals surface area contributed by atoms with Gasteiger partial charge in [0.1, 0.15) is 18.5 Å². The van der Waals surface area contributed by atoms with Crippen LogP contribution in [0.5, 0.6) is 5.75 Å². The smallest absolute Gasteiger partial charge is 0.119 e. The second-order valence-corrected chi connectivity index (χ2v) is 5.14. The van der Waals surface area contributed by atoms with Gasteiger partial charge in [-0.1, -0.05) is 11.6 Å². The highest BCUT2D eigenvalue weighted by molar-refractivity contribution is 6.30. The van der Waals surface area contributed by atoms with E-state index in [0.29, 0.717) is 10.8 Å². The Hall–Kier alpha value is -0.850. The van der Waals surface area contributed by atoms with E-state index >= 15 is 0 Å². The number of hydrogen-bond donors (Lipinski definition) is 4. The van der Waals surface area contributed by atoms with E-state index in [-0.39, 0.29) is 26.3 Å². The summed E-state index contributed by atoms with van der Waals surface area (Å²) in [5.74, 6) is 0.630. The van der Waals surface area contributed by atoms with Crippen LogP contribution in [0.1, 0.15) is 6.92 Å². The lowest BCUT2D eigenvalue weighted by atomic mass is 10.1. The topological polar surface area (TPSA) is 82.0 Å². The molecule has 0 heterocycles. The molecule has 0 spiro atoms. The zero-order chi connectivity index (χ0) is 14.3. The van der Waals surface area contributed by atoms with Crippen LogP contribution in [-0.2, 0) is 0 Å². The average molecular weight is 290 g/mol. The highest BCUT2D eigenvalue weighted by Crippen LogP contribution is 2.15. The molecule has 19 heavy (non-hydrogen) atoms. The fraction of sp³-hybridized carbons (Fsp3) is 0.538. The van der Waals surface area contributed by atoms with Gasteiger partial charge in [0.25, 0.3) is 0 Å². The predicted octanol–water partition coefficient (Wildman–Crippen LogP) is 0.413. The van der Waals surface area contributed by atoms with Gasteiger partial charge in [-0.3, -0.25) is 0 Å². The van der Waals surface area contributed by atoms with Gasteiger partial charge in [0, 0.05) is 18.1 Å². The molecule has 6 heteroatoms. The maximum atomic E-state index is 9.68. The molecular weight excluding hydrogens is 270 g/mol. The summed E-state index contributed by atoms with van der Waals surface area (Å²) in [6.07, 6.45) is -0.704. The number of nitrogens with one attached hydrogen (secondary N) is 1. The zero-order valence-corrected chi connectivity index (χ0v) is 11.6. The van der Waals surface area contributed by atoms with E-state index in [1.165, 1.54) is 6.92 Å². The van der Waals surface area contributed by atoms with Crippen molar-refractivity contribution in [2.75, 3.05) is 26.3 Å². The second-order valence-electron chi connectivity index (χ2n) is 4.70. The van der Waals surface area contributed by atoms with Crippen LogP contribution in [0.4, 0.5) is 0 Å². The summed E-state index contributed by atoms with van der Waals surface area (Å²) in [7, 11) is 0. The lowest BCUT2D eigenvalue weighted by molar-refractivity contribution is -0.000325. The first-order valence-electron chi connectivity index (χ1n) is 6.03. The van der Waals surface area contributed by atoms with E-state index in [4.69, 9.17) is 21.4 Å². The predicted molar refractivity (Wildman–Crippen MR) is 73.5 cm³/mol. The fourth-order valence-corrected chi connectivity index (χ4v) is 1.47. The number of hydrogen-bond acceptors (Lipinski definition) is 5. The van der Waals surface area contributed by atoms with Crippen LogP contribution in [-0.4, -0.2) is 53.3 Å².